The van der Waals surface area contributed by atoms with Gasteiger partial charge in [-0.15, -0.1) is 12.4 Å². The van der Waals surface area contributed by atoms with Crippen molar-refractivity contribution in [1.82, 2.24) is 9.97 Å². The van der Waals surface area contributed by atoms with Crippen molar-refractivity contribution < 1.29 is 13.2 Å². The van der Waals surface area contributed by atoms with E-state index < -0.39 is 11.9 Å². The summed E-state index contributed by atoms with van der Waals surface area (Å²) < 4.78 is 37.3. The fourth-order valence-electron chi connectivity index (χ4n) is 1.71. The summed E-state index contributed by atoms with van der Waals surface area (Å²) in [5.74, 6) is 0. The molecule has 0 aliphatic heterocycles. The predicted molar refractivity (Wildman–Crippen MR) is 72.3 cm³/mol. The number of halogens is 4. The van der Waals surface area contributed by atoms with Crippen LogP contribution >= 0.6 is 12.4 Å². The van der Waals surface area contributed by atoms with Gasteiger partial charge in [0.2, 0.25) is 0 Å². The highest BCUT2D eigenvalue weighted by molar-refractivity contribution is 5.85. The molecule has 7 heteroatoms. The van der Waals surface area contributed by atoms with Crippen molar-refractivity contribution in [2.45, 2.75) is 19.6 Å². The number of aromatic nitrogens is 2. The highest BCUT2D eigenvalue weighted by Gasteiger charge is 2.32. The number of rotatable bonds is 2. The molecule has 0 fully saturated rings. The lowest BCUT2D eigenvalue weighted by Gasteiger charge is -2.09. The first-order valence-electron chi connectivity index (χ1n) is 5.61. The third-order valence-corrected chi connectivity index (χ3v) is 2.73. The summed E-state index contributed by atoms with van der Waals surface area (Å²) in [7, 11) is 0. The number of pyridine rings is 2. The topological polar surface area (TPSA) is 51.8 Å². The smallest absolute Gasteiger partial charge is 0.325 e. The van der Waals surface area contributed by atoms with Gasteiger partial charge in [-0.05, 0) is 30.2 Å². The van der Waals surface area contributed by atoms with Gasteiger partial charge in [0.1, 0.15) is 5.69 Å². The van der Waals surface area contributed by atoms with Crippen LogP contribution in [0, 0.1) is 6.92 Å². The normalized spacial score (nSPS) is 11.1. The Balaban J connectivity index is 0.00000200. The fraction of sp³-hybridized carbons (Fsp3) is 0.231. The van der Waals surface area contributed by atoms with Crippen LogP contribution in [0.4, 0.5) is 13.2 Å². The molecule has 2 aromatic rings. The Morgan fingerprint density at radius 2 is 1.85 bits per heavy atom. The number of hydrogen-bond acceptors (Lipinski definition) is 3. The molecular formula is C13H13ClF3N3. The zero-order valence-corrected chi connectivity index (χ0v) is 11.4. The molecule has 0 spiro atoms. The molecule has 0 amide bonds. The Kier molecular flexibility index (Phi) is 5.08. The maximum absolute atomic E-state index is 12.4. The van der Waals surface area contributed by atoms with Crippen LogP contribution in [0.2, 0.25) is 0 Å². The van der Waals surface area contributed by atoms with E-state index in [0.29, 0.717) is 11.3 Å². The molecule has 3 nitrogen and oxygen atoms in total. The van der Waals surface area contributed by atoms with Crippen LogP contribution in [0.5, 0.6) is 0 Å². The summed E-state index contributed by atoms with van der Waals surface area (Å²) in [5.41, 5.74) is 7.54. The largest absolute Gasteiger partial charge is 0.433 e. The number of nitrogens with zero attached hydrogens (tertiary/aromatic N) is 2. The monoisotopic (exact) mass is 303 g/mol. The van der Waals surface area contributed by atoms with Crippen LogP contribution in [0.3, 0.4) is 0 Å². The summed E-state index contributed by atoms with van der Waals surface area (Å²) >= 11 is 0. The van der Waals surface area contributed by atoms with Crippen LogP contribution in [-0.2, 0) is 12.7 Å². The minimum atomic E-state index is -4.42. The summed E-state index contributed by atoms with van der Waals surface area (Å²) in [6.07, 6.45) is -1.56. The van der Waals surface area contributed by atoms with Crippen molar-refractivity contribution in [3.8, 4) is 11.1 Å². The van der Waals surface area contributed by atoms with Gasteiger partial charge in [-0.25, -0.2) is 0 Å². The molecule has 108 valence electrons. The lowest BCUT2D eigenvalue weighted by molar-refractivity contribution is -0.141. The first-order valence-corrected chi connectivity index (χ1v) is 5.61. The van der Waals surface area contributed by atoms with E-state index in [-0.39, 0.29) is 19.0 Å². The lowest BCUT2D eigenvalue weighted by atomic mass is 10.0. The second-order valence-corrected chi connectivity index (χ2v) is 4.12. The Labute approximate surface area is 120 Å². The highest BCUT2D eigenvalue weighted by atomic mass is 35.5. The van der Waals surface area contributed by atoms with Crippen LogP contribution in [0.15, 0.2) is 30.6 Å². The Morgan fingerprint density at radius 1 is 1.15 bits per heavy atom. The maximum atomic E-state index is 12.4. The van der Waals surface area contributed by atoms with E-state index in [9.17, 15) is 13.2 Å². The lowest BCUT2D eigenvalue weighted by Crippen LogP contribution is -2.07. The minimum Gasteiger partial charge on any atom is -0.325 e. The Morgan fingerprint density at radius 3 is 2.35 bits per heavy atom. The van der Waals surface area contributed by atoms with Gasteiger partial charge in [0.05, 0.1) is 5.69 Å². The van der Waals surface area contributed by atoms with Gasteiger partial charge in [0.25, 0.3) is 0 Å². The van der Waals surface area contributed by atoms with Crippen molar-refractivity contribution in [1.29, 1.82) is 0 Å². The van der Waals surface area contributed by atoms with Crippen LogP contribution in [0.1, 0.15) is 17.0 Å². The van der Waals surface area contributed by atoms with Crippen LogP contribution in [0.25, 0.3) is 11.1 Å². The molecular weight excluding hydrogens is 291 g/mol. The number of nitrogens with two attached hydrogens (primary N) is 1. The fourth-order valence-corrected chi connectivity index (χ4v) is 1.71. The highest BCUT2D eigenvalue weighted by Crippen LogP contribution is 2.29. The van der Waals surface area contributed by atoms with Gasteiger partial charge < -0.3 is 5.73 Å². The zero-order chi connectivity index (χ0) is 14.0. The molecule has 20 heavy (non-hydrogen) atoms. The van der Waals surface area contributed by atoms with E-state index in [2.05, 4.69) is 9.97 Å². The number of aryl methyl sites for hydroxylation is 1. The SMILES string of the molecule is Cc1cnc(CN)cc1-c1ccc(C(F)(F)F)nc1.Cl. The van der Waals surface area contributed by atoms with E-state index in [1.165, 1.54) is 12.3 Å². The molecule has 0 unspecified atom stereocenters. The summed E-state index contributed by atoms with van der Waals surface area (Å²) in [6.45, 7) is 2.11. The third-order valence-electron chi connectivity index (χ3n) is 2.73. The van der Waals surface area contributed by atoms with Crippen molar-refractivity contribution >= 4 is 12.4 Å². The van der Waals surface area contributed by atoms with E-state index in [0.717, 1.165) is 17.2 Å². The van der Waals surface area contributed by atoms with E-state index in [1.54, 1.807) is 12.3 Å². The molecule has 2 heterocycles. The molecule has 0 aliphatic rings. The molecule has 2 N–H and O–H groups in total. The van der Waals surface area contributed by atoms with Gasteiger partial charge in [-0.2, -0.15) is 13.2 Å². The third kappa shape index (κ3) is 3.46. The van der Waals surface area contributed by atoms with E-state index >= 15 is 0 Å². The van der Waals surface area contributed by atoms with Crippen molar-refractivity contribution in [2.24, 2.45) is 5.73 Å². The zero-order valence-electron chi connectivity index (χ0n) is 10.6. The van der Waals surface area contributed by atoms with Gasteiger partial charge in [0.15, 0.2) is 0 Å². The number of hydrogen-bond donors (Lipinski definition) is 1. The molecule has 0 atom stereocenters. The average Bonchev–Trinajstić information content (AvgIpc) is 2.38. The van der Waals surface area contributed by atoms with Crippen molar-refractivity contribution in [2.75, 3.05) is 0 Å². The Bertz CT molecular complexity index is 582. The Hall–Kier alpha value is -1.66. The van der Waals surface area contributed by atoms with Gasteiger partial charge in [0, 0.05) is 24.5 Å². The standard InChI is InChI=1S/C13H12F3N3.ClH/c1-8-6-18-10(5-17)4-11(8)9-2-3-12(19-7-9)13(14,15)16;/h2-4,6-7H,5,17H2,1H3;1H. The summed E-state index contributed by atoms with van der Waals surface area (Å²) in [6, 6.07) is 4.13. The summed E-state index contributed by atoms with van der Waals surface area (Å²) in [4.78, 5) is 7.56. The van der Waals surface area contributed by atoms with E-state index in [1.807, 2.05) is 6.92 Å². The molecule has 0 saturated heterocycles. The number of alkyl halides is 3. The van der Waals surface area contributed by atoms with Gasteiger partial charge >= 0.3 is 6.18 Å². The van der Waals surface area contributed by atoms with Gasteiger partial charge in [-0.3, -0.25) is 9.97 Å². The maximum Gasteiger partial charge on any atom is 0.433 e. The average molecular weight is 304 g/mol. The molecule has 0 aromatic carbocycles. The van der Waals surface area contributed by atoms with Crippen LogP contribution < -0.4 is 5.73 Å². The molecule has 0 aliphatic carbocycles. The molecule has 0 saturated carbocycles. The molecule has 0 bridgehead atoms. The second-order valence-electron chi connectivity index (χ2n) is 4.12. The van der Waals surface area contributed by atoms with E-state index in [4.69, 9.17) is 5.73 Å². The minimum absolute atomic E-state index is 0. The summed E-state index contributed by atoms with van der Waals surface area (Å²) in [5, 5.41) is 0. The van der Waals surface area contributed by atoms with Gasteiger partial charge in [-0.1, -0.05) is 6.07 Å². The molecule has 2 rings (SSSR count). The second kappa shape index (κ2) is 6.19. The molecule has 0 radical (unpaired) electrons. The predicted octanol–water partition coefficient (Wildman–Crippen LogP) is 3.35. The first-order chi connectivity index (χ1) is 8.91. The quantitative estimate of drug-likeness (QED) is 0.925. The van der Waals surface area contributed by atoms with Crippen molar-refractivity contribution in [3.05, 3.63) is 47.5 Å². The van der Waals surface area contributed by atoms with Crippen molar-refractivity contribution in [3.63, 3.8) is 0 Å². The van der Waals surface area contributed by atoms with Crippen LogP contribution in [-0.4, -0.2) is 9.97 Å². The molecule has 2 aromatic heterocycles. The first kappa shape index (κ1) is 16.4.